The molecule has 0 atom stereocenters. The van der Waals surface area contributed by atoms with Crippen LogP contribution in [0, 0.1) is 0 Å². The number of thiocarbonyl (C=S) groups is 1. The lowest BCUT2D eigenvalue weighted by atomic mass is 10.0. The van der Waals surface area contributed by atoms with Crippen molar-refractivity contribution in [1.29, 1.82) is 0 Å². The van der Waals surface area contributed by atoms with Crippen LogP contribution >= 0.6 is 12.2 Å². The van der Waals surface area contributed by atoms with Crippen molar-refractivity contribution >= 4 is 34.5 Å². The van der Waals surface area contributed by atoms with Crippen molar-refractivity contribution < 1.29 is 4.42 Å². The summed E-state index contributed by atoms with van der Waals surface area (Å²) < 4.78 is 5.91. The lowest BCUT2D eigenvalue weighted by Gasteiger charge is -2.30. The number of furan rings is 1. The van der Waals surface area contributed by atoms with Gasteiger partial charge in [0.05, 0.1) is 18.4 Å². The van der Waals surface area contributed by atoms with Crippen LogP contribution in [0.3, 0.4) is 0 Å². The Labute approximate surface area is 193 Å². The van der Waals surface area contributed by atoms with Crippen LogP contribution in [0.5, 0.6) is 0 Å². The number of fused-ring (bicyclic) bond motifs is 1. The number of nitrogens with one attached hydrogen (secondary N) is 2. The highest BCUT2D eigenvalue weighted by molar-refractivity contribution is 7.80. The van der Waals surface area contributed by atoms with Crippen molar-refractivity contribution in [2.45, 2.75) is 19.4 Å². The van der Waals surface area contributed by atoms with Crippen LogP contribution < -0.4 is 15.5 Å². The monoisotopic (exact) mass is 440 g/mol. The third-order valence-electron chi connectivity index (χ3n) is 5.54. The van der Waals surface area contributed by atoms with Gasteiger partial charge in [0.1, 0.15) is 17.3 Å². The molecule has 160 valence electrons. The van der Waals surface area contributed by atoms with Crippen LogP contribution in [0.1, 0.15) is 17.7 Å². The summed E-state index contributed by atoms with van der Waals surface area (Å²) in [7, 11) is 0. The molecule has 6 heteroatoms. The fourth-order valence-corrected chi connectivity index (χ4v) is 4.15. The molecule has 0 amide bonds. The minimum absolute atomic E-state index is 0.509. The quantitative estimate of drug-likeness (QED) is 0.376. The van der Waals surface area contributed by atoms with E-state index in [0.717, 1.165) is 48.0 Å². The molecule has 5 nitrogen and oxygen atoms in total. The third-order valence-corrected chi connectivity index (χ3v) is 5.78. The number of anilines is 3. The molecule has 1 aliphatic rings. The Morgan fingerprint density at radius 1 is 0.969 bits per heavy atom. The molecule has 2 N–H and O–H groups in total. The van der Waals surface area contributed by atoms with Crippen molar-refractivity contribution in [3.8, 4) is 11.3 Å². The fraction of sp³-hybridized carbons (Fsp3) is 0.154. The first-order chi connectivity index (χ1) is 15.8. The van der Waals surface area contributed by atoms with Gasteiger partial charge in [-0.05, 0) is 61.0 Å². The molecule has 0 radical (unpaired) electrons. The van der Waals surface area contributed by atoms with Gasteiger partial charge in [0.15, 0.2) is 5.11 Å². The maximum atomic E-state index is 5.91. The van der Waals surface area contributed by atoms with Gasteiger partial charge in [-0.15, -0.1) is 0 Å². The highest BCUT2D eigenvalue weighted by Crippen LogP contribution is 2.32. The average Bonchev–Trinajstić information content (AvgIpc) is 3.33. The topological polar surface area (TPSA) is 53.3 Å². The molecule has 2 aromatic carbocycles. The van der Waals surface area contributed by atoms with Crippen LogP contribution in [-0.4, -0.2) is 16.6 Å². The molecule has 0 fully saturated rings. The van der Waals surface area contributed by atoms with E-state index in [4.69, 9.17) is 16.6 Å². The summed E-state index contributed by atoms with van der Waals surface area (Å²) in [6.45, 7) is 1.49. The van der Waals surface area contributed by atoms with Gasteiger partial charge < -0.3 is 20.0 Å². The summed E-state index contributed by atoms with van der Waals surface area (Å²) in [5, 5.41) is 6.92. The molecule has 0 saturated heterocycles. The highest BCUT2D eigenvalue weighted by Gasteiger charge is 2.18. The second-order valence-corrected chi connectivity index (χ2v) is 8.14. The Morgan fingerprint density at radius 2 is 1.81 bits per heavy atom. The van der Waals surface area contributed by atoms with Crippen molar-refractivity contribution in [2.24, 2.45) is 0 Å². The molecule has 2 aromatic heterocycles. The first-order valence-corrected chi connectivity index (χ1v) is 11.2. The zero-order valence-electron chi connectivity index (χ0n) is 17.6. The van der Waals surface area contributed by atoms with E-state index in [-0.39, 0.29) is 0 Å². The summed E-state index contributed by atoms with van der Waals surface area (Å²) in [6, 6.07) is 26.6. The SMILES string of the molecule is S=C(NCc1ccc(-c2ccccc2)o1)Nc1ccc(N2CCCc3ccccc32)nc1. The van der Waals surface area contributed by atoms with E-state index in [1.165, 1.54) is 11.3 Å². The molecular formula is C26H24N4OS. The second-order valence-electron chi connectivity index (χ2n) is 7.73. The van der Waals surface area contributed by atoms with E-state index in [2.05, 4.69) is 44.8 Å². The van der Waals surface area contributed by atoms with Gasteiger partial charge >= 0.3 is 0 Å². The number of benzene rings is 2. The molecule has 3 heterocycles. The molecular weight excluding hydrogens is 416 g/mol. The summed E-state index contributed by atoms with van der Waals surface area (Å²) in [6.07, 6.45) is 4.07. The molecule has 0 unspecified atom stereocenters. The van der Waals surface area contributed by atoms with Gasteiger partial charge in [0, 0.05) is 17.8 Å². The van der Waals surface area contributed by atoms with Crippen LogP contribution in [0.15, 0.2) is 89.5 Å². The predicted octanol–water partition coefficient (Wildman–Crippen LogP) is 5.91. The zero-order valence-corrected chi connectivity index (χ0v) is 18.4. The predicted molar refractivity (Wildman–Crippen MR) is 133 cm³/mol. The fourth-order valence-electron chi connectivity index (χ4n) is 3.96. The van der Waals surface area contributed by atoms with Gasteiger partial charge in [0.2, 0.25) is 0 Å². The number of aryl methyl sites for hydroxylation is 1. The smallest absolute Gasteiger partial charge is 0.171 e. The molecule has 0 aliphatic carbocycles. The van der Waals surface area contributed by atoms with Crippen molar-refractivity contribution in [3.63, 3.8) is 0 Å². The maximum absolute atomic E-state index is 5.91. The Hall–Kier alpha value is -3.64. The number of aromatic nitrogens is 1. The first-order valence-electron chi connectivity index (χ1n) is 10.8. The molecule has 0 saturated carbocycles. The number of rotatable bonds is 5. The minimum Gasteiger partial charge on any atom is -0.459 e. The van der Waals surface area contributed by atoms with Crippen LogP contribution in [0.4, 0.5) is 17.2 Å². The summed E-state index contributed by atoms with van der Waals surface area (Å²) in [5.41, 5.74) is 4.53. The van der Waals surface area contributed by atoms with Gasteiger partial charge in [-0.2, -0.15) is 0 Å². The lowest BCUT2D eigenvalue weighted by molar-refractivity contribution is 0.516. The standard InChI is InChI=1S/C26H24N4OS/c32-26(28-18-22-13-14-24(31-22)20-8-2-1-3-9-20)29-21-12-15-25(27-17-21)30-16-6-10-19-7-4-5-11-23(19)30/h1-5,7-9,11-15,17H,6,10,16,18H2,(H2,28,29,32). The van der Waals surface area contributed by atoms with E-state index in [1.54, 1.807) is 0 Å². The van der Waals surface area contributed by atoms with Crippen LogP contribution in [0.25, 0.3) is 11.3 Å². The Bertz CT molecular complexity index is 1200. The van der Waals surface area contributed by atoms with Gasteiger partial charge in [-0.3, -0.25) is 0 Å². The number of hydrogen-bond donors (Lipinski definition) is 2. The Balaban J connectivity index is 1.18. The number of pyridine rings is 1. The van der Waals surface area contributed by atoms with Crippen molar-refractivity contribution in [1.82, 2.24) is 10.3 Å². The van der Waals surface area contributed by atoms with E-state index < -0.39 is 0 Å². The summed E-state index contributed by atoms with van der Waals surface area (Å²) in [4.78, 5) is 6.95. The molecule has 1 aliphatic heterocycles. The molecule has 5 rings (SSSR count). The highest BCUT2D eigenvalue weighted by atomic mass is 32.1. The van der Waals surface area contributed by atoms with Crippen LogP contribution in [0.2, 0.25) is 0 Å². The molecule has 32 heavy (non-hydrogen) atoms. The molecule has 0 bridgehead atoms. The van der Waals surface area contributed by atoms with Crippen LogP contribution in [-0.2, 0) is 13.0 Å². The molecule has 4 aromatic rings. The van der Waals surface area contributed by atoms with Gasteiger partial charge in [-0.1, -0.05) is 48.5 Å². The largest absolute Gasteiger partial charge is 0.459 e. The lowest BCUT2D eigenvalue weighted by Crippen LogP contribution is -2.28. The number of para-hydroxylation sites is 1. The number of nitrogens with zero attached hydrogens (tertiary/aromatic N) is 2. The average molecular weight is 441 g/mol. The van der Waals surface area contributed by atoms with Gasteiger partial charge in [0.25, 0.3) is 0 Å². The number of hydrogen-bond acceptors (Lipinski definition) is 4. The van der Waals surface area contributed by atoms with Crippen molar-refractivity contribution in [3.05, 3.63) is 96.4 Å². The first kappa shape index (κ1) is 20.3. The summed E-state index contributed by atoms with van der Waals surface area (Å²) >= 11 is 5.44. The summed E-state index contributed by atoms with van der Waals surface area (Å²) in [5.74, 6) is 2.62. The van der Waals surface area contributed by atoms with Gasteiger partial charge in [-0.25, -0.2) is 4.98 Å². The van der Waals surface area contributed by atoms with E-state index in [0.29, 0.717) is 11.7 Å². The normalized spacial score (nSPS) is 12.8. The van der Waals surface area contributed by atoms with E-state index in [1.807, 2.05) is 60.8 Å². The van der Waals surface area contributed by atoms with E-state index in [9.17, 15) is 0 Å². The molecule has 0 spiro atoms. The van der Waals surface area contributed by atoms with Crippen molar-refractivity contribution in [2.75, 3.05) is 16.8 Å². The second kappa shape index (κ2) is 9.24. The minimum atomic E-state index is 0.509. The van der Waals surface area contributed by atoms with E-state index >= 15 is 0 Å². The Morgan fingerprint density at radius 3 is 2.66 bits per heavy atom. The maximum Gasteiger partial charge on any atom is 0.171 e. The zero-order chi connectivity index (χ0) is 21.8. The third kappa shape index (κ3) is 4.50. The Kier molecular flexibility index (Phi) is 5.85.